The molecule has 0 bridgehead atoms. The Morgan fingerprint density at radius 3 is 2.31 bits per heavy atom. The number of esters is 1. The van der Waals surface area contributed by atoms with Gasteiger partial charge in [-0.3, -0.25) is 14.4 Å². The van der Waals surface area contributed by atoms with Crippen LogP contribution >= 0.6 is 0 Å². The summed E-state index contributed by atoms with van der Waals surface area (Å²) in [7, 11) is 0. The molecule has 0 atom stereocenters. The van der Waals surface area contributed by atoms with Crippen LogP contribution in [0, 0.1) is 5.92 Å². The van der Waals surface area contributed by atoms with Crippen molar-refractivity contribution in [3.8, 4) is 0 Å². The van der Waals surface area contributed by atoms with E-state index in [9.17, 15) is 14.4 Å². The van der Waals surface area contributed by atoms with E-state index in [1.807, 2.05) is 23.1 Å². The average molecular weight is 444 g/mol. The SMILES string of the molecule is CCOC(=O)CCC(=O)N1CCC(N2CCC(C(=O)NCCc3ccccc3)CC2)CC1. The molecule has 32 heavy (non-hydrogen) atoms. The van der Waals surface area contributed by atoms with Gasteiger partial charge >= 0.3 is 5.97 Å². The van der Waals surface area contributed by atoms with Crippen LogP contribution in [0.2, 0.25) is 0 Å². The van der Waals surface area contributed by atoms with Crippen LogP contribution in [-0.4, -0.2) is 73.0 Å². The van der Waals surface area contributed by atoms with Crippen molar-refractivity contribution in [1.29, 1.82) is 0 Å². The molecular formula is C25H37N3O4. The Bertz CT molecular complexity index is 739. The molecule has 7 heteroatoms. The van der Waals surface area contributed by atoms with Gasteiger partial charge in [0.2, 0.25) is 11.8 Å². The highest BCUT2D eigenvalue weighted by atomic mass is 16.5. The maximum Gasteiger partial charge on any atom is 0.306 e. The molecule has 3 rings (SSSR count). The molecular weight excluding hydrogens is 406 g/mol. The summed E-state index contributed by atoms with van der Waals surface area (Å²) in [6.45, 7) is 6.18. The van der Waals surface area contributed by atoms with Crippen LogP contribution in [0.5, 0.6) is 0 Å². The topological polar surface area (TPSA) is 79.0 Å². The summed E-state index contributed by atoms with van der Waals surface area (Å²) >= 11 is 0. The van der Waals surface area contributed by atoms with E-state index in [1.165, 1.54) is 5.56 Å². The normalized spacial score (nSPS) is 18.3. The summed E-state index contributed by atoms with van der Waals surface area (Å²) < 4.78 is 4.90. The van der Waals surface area contributed by atoms with Gasteiger partial charge in [-0.15, -0.1) is 0 Å². The molecule has 0 aromatic heterocycles. The Labute approximate surface area is 191 Å². The van der Waals surface area contributed by atoms with Gasteiger partial charge in [0.1, 0.15) is 0 Å². The number of carbonyl (C=O) groups excluding carboxylic acids is 3. The van der Waals surface area contributed by atoms with Gasteiger partial charge in [-0.25, -0.2) is 0 Å². The molecule has 7 nitrogen and oxygen atoms in total. The van der Waals surface area contributed by atoms with E-state index in [2.05, 4.69) is 22.3 Å². The van der Waals surface area contributed by atoms with Crippen molar-refractivity contribution >= 4 is 17.8 Å². The summed E-state index contributed by atoms with van der Waals surface area (Å²) in [6, 6.07) is 10.7. The zero-order chi connectivity index (χ0) is 22.8. The maximum atomic E-state index is 12.5. The second kappa shape index (κ2) is 12.6. The van der Waals surface area contributed by atoms with Crippen molar-refractivity contribution in [2.45, 2.75) is 57.9 Å². The quantitative estimate of drug-likeness (QED) is 0.593. The van der Waals surface area contributed by atoms with E-state index in [0.29, 0.717) is 19.2 Å². The van der Waals surface area contributed by atoms with Gasteiger partial charge in [0.25, 0.3) is 0 Å². The van der Waals surface area contributed by atoms with E-state index >= 15 is 0 Å². The van der Waals surface area contributed by atoms with Crippen molar-refractivity contribution in [2.24, 2.45) is 5.92 Å². The zero-order valence-corrected chi connectivity index (χ0v) is 19.3. The molecule has 2 aliphatic heterocycles. The minimum absolute atomic E-state index is 0.0439. The summed E-state index contributed by atoms with van der Waals surface area (Å²) in [4.78, 5) is 40.7. The number of ether oxygens (including phenoxy) is 1. The Morgan fingerprint density at radius 1 is 0.969 bits per heavy atom. The number of carbonyl (C=O) groups is 3. The van der Waals surface area contributed by atoms with Gasteiger partial charge in [0.15, 0.2) is 0 Å². The number of benzene rings is 1. The molecule has 1 aromatic rings. The number of rotatable bonds is 9. The molecule has 2 heterocycles. The fraction of sp³-hybridized carbons (Fsp3) is 0.640. The second-order valence-electron chi connectivity index (χ2n) is 8.75. The number of likely N-dealkylation sites (tertiary alicyclic amines) is 2. The van der Waals surface area contributed by atoms with Gasteiger partial charge in [0, 0.05) is 38.0 Å². The Morgan fingerprint density at radius 2 is 1.66 bits per heavy atom. The van der Waals surface area contributed by atoms with Crippen molar-refractivity contribution in [2.75, 3.05) is 39.3 Å². The number of amides is 2. The van der Waals surface area contributed by atoms with Gasteiger partial charge in [-0.2, -0.15) is 0 Å². The molecule has 0 unspecified atom stereocenters. The molecule has 1 aromatic carbocycles. The molecule has 1 N–H and O–H groups in total. The second-order valence-corrected chi connectivity index (χ2v) is 8.75. The Kier molecular flexibility index (Phi) is 9.53. The van der Waals surface area contributed by atoms with Crippen LogP contribution in [0.15, 0.2) is 30.3 Å². The van der Waals surface area contributed by atoms with E-state index < -0.39 is 0 Å². The molecule has 0 spiro atoms. The van der Waals surface area contributed by atoms with E-state index in [-0.39, 0.29) is 36.5 Å². The standard InChI is InChI=1S/C25H37N3O4/c1-2-32-24(30)9-8-23(29)28-18-13-22(14-19-28)27-16-11-21(12-17-27)25(31)26-15-10-20-6-4-3-5-7-20/h3-7,21-22H,2,8-19H2,1H3,(H,26,31). The van der Waals surface area contributed by atoms with Gasteiger partial charge in [-0.05, 0) is 57.7 Å². The lowest BCUT2D eigenvalue weighted by Crippen LogP contribution is -2.50. The van der Waals surface area contributed by atoms with Crippen LogP contribution in [0.4, 0.5) is 0 Å². The number of nitrogens with one attached hydrogen (secondary N) is 1. The molecule has 0 radical (unpaired) electrons. The number of hydrogen-bond acceptors (Lipinski definition) is 5. The highest BCUT2D eigenvalue weighted by molar-refractivity contribution is 5.81. The predicted octanol–water partition coefficient (Wildman–Crippen LogP) is 2.39. The summed E-state index contributed by atoms with van der Waals surface area (Å²) in [5.41, 5.74) is 1.24. The van der Waals surface area contributed by atoms with Crippen molar-refractivity contribution in [3.63, 3.8) is 0 Å². The minimum Gasteiger partial charge on any atom is -0.466 e. The first-order valence-corrected chi connectivity index (χ1v) is 12.1. The van der Waals surface area contributed by atoms with Crippen LogP contribution in [-0.2, 0) is 25.5 Å². The van der Waals surface area contributed by atoms with Crippen molar-refractivity contribution < 1.29 is 19.1 Å². The monoisotopic (exact) mass is 443 g/mol. The lowest BCUT2D eigenvalue weighted by atomic mass is 9.92. The largest absolute Gasteiger partial charge is 0.466 e. The molecule has 2 saturated heterocycles. The van der Waals surface area contributed by atoms with Crippen LogP contribution in [0.3, 0.4) is 0 Å². The van der Waals surface area contributed by atoms with Crippen LogP contribution in [0.25, 0.3) is 0 Å². The van der Waals surface area contributed by atoms with Gasteiger partial charge in [-0.1, -0.05) is 30.3 Å². The van der Waals surface area contributed by atoms with E-state index in [0.717, 1.165) is 58.3 Å². The molecule has 0 aliphatic carbocycles. The minimum atomic E-state index is -0.303. The molecule has 0 saturated carbocycles. The Hall–Kier alpha value is -2.41. The fourth-order valence-electron chi connectivity index (χ4n) is 4.73. The summed E-state index contributed by atoms with van der Waals surface area (Å²) in [5, 5.41) is 3.11. The smallest absolute Gasteiger partial charge is 0.306 e. The van der Waals surface area contributed by atoms with Crippen LogP contribution in [0.1, 0.15) is 51.0 Å². The van der Waals surface area contributed by atoms with E-state index in [4.69, 9.17) is 4.74 Å². The van der Waals surface area contributed by atoms with Crippen LogP contribution < -0.4 is 5.32 Å². The summed E-state index contributed by atoms with van der Waals surface area (Å²) in [6.07, 6.45) is 4.97. The lowest BCUT2D eigenvalue weighted by Gasteiger charge is -2.41. The average Bonchev–Trinajstić information content (AvgIpc) is 2.83. The molecule has 2 aliphatic rings. The number of piperidine rings is 2. The first kappa shape index (κ1) is 24.2. The van der Waals surface area contributed by atoms with Crippen molar-refractivity contribution in [1.82, 2.24) is 15.1 Å². The number of nitrogens with zero attached hydrogens (tertiary/aromatic N) is 2. The van der Waals surface area contributed by atoms with Gasteiger partial charge < -0.3 is 19.9 Å². The third kappa shape index (κ3) is 7.33. The predicted molar refractivity (Wildman–Crippen MR) is 123 cm³/mol. The lowest BCUT2D eigenvalue weighted by molar-refractivity contribution is -0.146. The molecule has 2 amide bonds. The van der Waals surface area contributed by atoms with Gasteiger partial charge in [0.05, 0.1) is 13.0 Å². The third-order valence-electron chi connectivity index (χ3n) is 6.64. The first-order chi connectivity index (χ1) is 15.6. The third-order valence-corrected chi connectivity index (χ3v) is 6.64. The molecule has 2 fully saturated rings. The summed E-state index contributed by atoms with van der Waals surface area (Å²) in [5.74, 6) is 0.0271. The number of hydrogen-bond donors (Lipinski definition) is 1. The maximum absolute atomic E-state index is 12.5. The van der Waals surface area contributed by atoms with E-state index in [1.54, 1.807) is 6.92 Å². The Balaban J connectivity index is 1.31. The fourth-order valence-corrected chi connectivity index (χ4v) is 4.73. The zero-order valence-electron chi connectivity index (χ0n) is 19.3. The first-order valence-electron chi connectivity index (χ1n) is 12.1. The molecule has 176 valence electrons. The van der Waals surface area contributed by atoms with Crippen molar-refractivity contribution in [3.05, 3.63) is 35.9 Å². The highest BCUT2D eigenvalue weighted by Crippen LogP contribution is 2.24. The highest BCUT2D eigenvalue weighted by Gasteiger charge is 2.31.